The minimum Gasteiger partial charge on any atom is -0.339 e. The molecule has 1 fully saturated rings. The summed E-state index contributed by atoms with van der Waals surface area (Å²) in [4.78, 5) is 18.3. The van der Waals surface area contributed by atoms with Gasteiger partial charge >= 0.3 is 0 Å². The number of nitrogens with zero attached hydrogens (tertiary/aromatic N) is 2. The highest BCUT2D eigenvalue weighted by molar-refractivity contribution is 5.94. The van der Waals surface area contributed by atoms with Gasteiger partial charge in [-0.1, -0.05) is 0 Å². The maximum Gasteiger partial charge on any atom is 0.253 e. The number of carbonyl (C=O) groups excluding carboxylic acids is 1. The zero-order valence-corrected chi connectivity index (χ0v) is 10.2. The van der Waals surface area contributed by atoms with E-state index in [1.807, 2.05) is 18.0 Å². The number of aromatic nitrogens is 1. The molecule has 4 nitrogen and oxygen atoms in total. The first-order chi connectivity index (χ1) is 8.22. The van der Waals surface area contributed by atoms with Crippen molar-refractivity contribution in [3.63, 3.8) is 0 Å². The van der Waals surface area contributed by atoms with E-state index in [9.17, 15) is 4.79 Å². The summed E-state index contributed by atoms with van der Waals surface area (Å²) in [5.74, 6) is 0.0929. The molecule has 1 aromatic rings. The predicted molar refractivity (Wildman–Crippen MR) is 66.7 cm³/mol. The summed E-state index contributed by atoms with van der Waals surface area (Å²) in [6.07, 6.45) is 5.89. The van der Waals surface area contributed by atoms with Gasteiger partial charge in [0.1, 0.15) is 0 Å². The van der Waals surface area contributed by atoms with Gasteiger partial charge in [-0.25, -0.2) is 0 Å². The van der Waals surface area contributed by atoms with Crippen LogP contribution in [0, 0.1) is 0 Å². The van der Waals surface area contributed by atoms with E-state index in [0.717, 1.165) is 24.1 Å². The second-order valence-electron chi connectivity index (χ2n) is 4.58. The van der Waals surface area contributed by atoms with Crippen LogP contribution >= 0.6 is 0 Å². The third-order valence-corrected chi connectivity index (χ3v) is 3.41. The molecule has 0 saturated heterocycles. The molecular weight excluding hydrogens is 214 g/mol. The van der Waals surface area contributed by atoms with E-state index in [1.165, 1.54) is 6.42 Å². The highest BCUT2D eigenvalue weighted by Crippen LogP contribution is 2.24. The Morgan fingerprint density at radius 1 is 1.59 bits per heavy atom. The lowest BCUT2D eigenvalue weighted by Crippen LogP contribution is -2.41. The van der Waals surface area contributed by atoms with Crippen LogP contribution in [-0.2, 0) is 6.42 Å². The molecule has 1 amide bonds. The average molecular weight is 233 g/mol. The summed E-state index contributed by atoms with van der Waals surface area (Å²) < 4.78 is 0. The lowest BCUT2D eigenvalue weighted by molar-refractivity contribution is 0.0652. The van der Waals surface area contributed by atoms with Gasteiger partial charge in [-0.15, -0.1) is 0 Å². The van der Waals surface area contributed by atoms with Gasteiger partial charge in [0.2, 0.25) is 0 Å². The van der Waals surface area contributed by atoms with Crippen molar-refractivity contribution in [1.82, 2.24) is 9.88 Å². The third-order valence-electron chi connectivity index (χ3n) is 3.41. The van der Waals surface area contributed by atoms with Crippen molar-refractivity contribution >= 4 is 5.91 Å². The largest absolute Gasteiger partial charge is 0.339 e. The van der Waals surface area contributed by atoms with Crippen LogP contribution < -0.4 is 5.73 Å². The summed E-state index contributed by atoms with van der Waals surface area (Å²) in [7, 11) is 1.88. The summed E-state index contributed by atoms with van der Waals surface area (Å²) in [6.45, 7) is 0.559. The molecule has 1 aliphatic rings. The number of nitrogens with two attached hydrogens (primary N) is 1. The number of hydrogen-bond donors (Lipinski definition) is 1. The first-order valence-corrected chi connectivity index (χ1v) is 6.14. The molecule has 0 unspecified atom stereocenters. The van der Waals surface area contributed by atoms with E-state index < -0.39 is 0 Å². The first kappa shape index (κ1) is 12.0. The smallest absolute Gasteiger partial charge is 0.253 e. The van der Waals surface area contributed by atoms with Gasteiger partial charge in [0.25, 0.3) is 5.91 Å². The number of carbonyl (C=O) groups is 1. The molecule has 1 saturated carbocycles. The van der Waals surface area contributed by atoms with E-state index >= 15 is 0 Å². The Morgan fingerprint density at radius 3 is 2.94 bits per heavy atom. The van der Waals surface area contributed by atoms with Gasteiger partial charge in [-0.2, -0.15) is 0 Å². The van der Waals surface area contributed by atoms with Crippen molar-refractivity contribution in [2.45, 2.75) is 31.7 Å². The number of pyridine rings is 1. The number of rotatable bonds is 4. The zero-order valence-electron chi connectivity index (χ0n) is 10.2. The highest BCUT2D eigenvalue weighted by atomic mass is 16.2. The molecule has 1 heterocycles. The van der Waals surface area contributed by atoms with Crippen molar-refractivity contribution < 1.29 is 4.79 Å². The lowest BCUT2D eigenvalue weighted by atomic mass is 9.91. The Kier molecular flexibility index (Phi) is 3.74. The van der Waals surface area contributed by atoms with Crippen molar-refractivity contribution in [3.05, 3.63) is 29.6 Å². The number of hydrogen-bond acceptors (Lipinski definition) is 3. The van der Waals surface area contributed by atoms with Crippen LogP contribution in [0.3, 0.4) is 0 Å². The fourth-order valence-corrected chi connectivity index (χ4v) is 2.04. The van der Waals surface area contributed by atoms with Crippen LogP contribution in [0.2, 0.25) is 0 Å². The van der Waals surface area contributed by atoms with Crippen LogP contribution in [-0.4, -0.2) is 35.4 Å². The Bertz CT molecular complexity index is 401. The monoisotopic (exact) mass is 233 g/mol. The Morgan fingerprint density at radius 2 is 2.35 bits per heavy atom. The Hall–Kier alpha value is -1.42. The average Bonchev–Trinajstić information content (AvgIpc) is 2.26. The van der Waals surface area contributed by atoms with Crippen molar-refractivity contribution in [2.24, 2.45) is 5.73 Å². The Labute approximate surface area is 102 Å². The molecule has 17 heavy (non-hydrogen) atoms. The molecule has 1 aliphatic carbocycles. The molecule has 0 bridgehead atoms. The molecular formula is C13H19N3O. The van der Waals surface area contributed by atoms with Crippen molar-refractivity contribution in [3.8, 4) is 0 Å². The van der Waals surface area contributed by atoms with Gasteiger partial charge in [0.15, 0.2) is 0 Å². The van der Waals surface area contributed by atoms with Gasteiger partial charge < -0.3 is 10.6 Å². The second-order valence-corrected chi connectivity index (χ2v) is 4.58. The fraction of sp³-hybridized carbons (Fsp3) is 0.538. The van der Waals surface area contributed by atoms with Crippen LogP contribution in [0.25, 0.3) is 0 Å². The van der Waals surface area contributed by atoms with Crippen LogP contribution in [0.4, 0.5) is 0 Å². The van der Waals surface area contributed by atoms with E-state index in [2.05, 4.69) is 4.98 Å². The maximum absolute atomic E-state index is 12.2. The fourth-order valence-electron chi connectivity index (χ4n) is 2.04. The second kappa shape index (κ2) is 5.27. The molecule has 92 valence electrons. The predicted octanol–water partition coefficient (Wildman–Crippen LogP) is 1.21. The van der Waals surface area contributed by atoms with Gasteiger partial charge in [-0.05, 0) is 37.9 Å². The van der Waals surface area contributed by atoms with Gasteiger partial charge in [0.05, 0.1) is 0 Å². The molecule has 4 heteroatoms. The Balaban J connectivity index is 2.09. The van der Waals surface area contributed by atoms with Crippen LogP contribution in [0.5, 0.6) is 0 Å². The van der Waals surface area contributed by atoms with E-state index in [4.69, 9.17) is 5.73 Å². The molecule has 2 N–H and O–H groups in total. The molecule has 0 aromatic carbocycles. The zero-order chi connectivity index (χ0) is 12.3. The SMILES string of the molecule is CN(C(=O)c1ccnc(CCN)c1)C1CCC1. The quantitative estimate of drug-likeness (QED) is 0.850. The summed E-state index contributed by atoms with van der Waals surface area (Å²) in [5.41, 5.74) is 7.10. The van der Waals surface area contributed by atoms with Crippen LogP contribution in [0.15, 0.2) is 18.3 Å². The highest BCUT2D eigenvalue weighted by Gasteiger charge is 2.26. The van der Waals surface area contributed by atoms with Crippen molar-refractivity contribution in [2.75, 3.05) is 13.6 Å². The standard InChI is InChI=1S/C13H19N3O/c1-16(12-3-2-4-12)13(17)10-6-8-15-11(9-10)5-7-14/h6,8-9,12H,2-5,7,14H2,1H3. The normalized spacial score (nSPS) is 15.4. The first-order valence-electron chi connectivity index (χ1n) is 6.14. The van der Waals surface area contributed by atoms with E-state index in [0.29, 0.717) is 19.0 Å². The van der Waals surface area contributed by atoms with E-state index in [-0.39, 0.29) is 5.91 Å². The number of amides is 1. The van der Waals surface area contributed by atoms with Gasteiger partial charge in [0, 0.05) is 37.0 Å². The maximum atomic E-state index is 12.2. The summed E-state index contributed by atoms with van der Waals surface area (Å²) in [5, 5.41) is 0. The molecule has 1 aromatic heterocycles. The molecule has 0 aliphatic heterocycles. The van der Waals surface area contributed by atoms with Gasteiger partial charge in [-0.3, -0.25) is 9.78 Å². The third kappa shape index (κ3) is 2.64. The molecule has 2 rings (SSSR count). The molecule has 0 spiro atoms. The summed E-state index contributed by atoms with van der Waals surface area (Å²) >= 11 is 0. The summed E-state index contributed by atoms with van der Waals surface area (Å²) in [6, 6.07) is 4.05. The minimum atomic E-state index is 0.0929. The molecule has 0 radical (unpaired) electrons. The minimum absolute atomic E-state index is 0.0929. The topological polar surface area (TPSA) is 59.2 Å². The molecule has 0 atom stereocenters. The van der Waals surface area contributed by atoms with E-state index in [1.54, 1.807) is 12.3 Å². The van der Waals surface area contributed by atoms with Crippen LogP contribution in [0.1, 0.15) is 35.3 Å². The van der Waals surface area contributed by atoms with Crippen molar-refractivity contribution in [1.29, 1.82) is 0 Å². The lowest BCUT2D eigenvalue weighted by Gasteiger charge is -2.34.